The van der Waals surface area contributed by atoms with E-state index >= 15 is 0 Å². The minimum atomic E-state index is 0.511. The van der Waals surface area contributed by atoms with Crippen molar-refractivity contribution in [1.82, 2.24) is 10.2 Å². The molecule has 0 unspecified atom stereocenters. The van der Waals surface area contributed by atoms with Crippen molar-refractivity contribution < 1.29 is 4.42 Å². The Morgan fingerprint density at radius 1 is 0.960 bits per heavy atom. The predicted octanol–water partition coefficient (Wildman–Crippen LogP) is 4.51. The summed E-state index contributed by atoms with van der Waals surface area (Å²) in [6.07, 6.45) is 5.98. The van der Waals surface area contributed by atoms with Gasteiger partial charge in [-0.2, -0.15) is 0 Å². The molecule has 0 spiro atoms. The van der Waals surface area contributed by atoms with Crippen LogP contribution in [0.2, 0.25) is 0 Å². The number of allylic oxidation sites excluding steroid dienone is 2. The fourth-order valence-corrected chi connectivity index (χ4v) is 2.32. The summed E-state index contributed by atoms with van der Waals surface area (Å²) in [5, 5.41) is 10.3. The van der Waals surface area contributed by atoms with Crippen LogP contribution in [-0.4, -0.2) is 10.2 Å². The van der Waals surface area contributed by atoms with Gasteiger partial charge in [0.1, 0.15) is 0 Å². The topological polar surface area (TPSA) is 38.9 Å². The molecular weight excluding hydrogens is 308 g/mol. The average molecular weight is 332 g/mol. The molecular formula is C22H24N2O. The van der Waals surface area contributed by atoms with Gasteiger partial charge in [0.2, 0.25) is 11.8 Å². The second-order valence-electron chi connectivity index (χ2n) is 5.39. The van der Waals surface area contributed by atoms with E-state index in [9.17, 15) is 0 Å². The minimum Gasteiger partial charge on any atom is -0.416 e. The third-order valence-corrected chi connectivity index (χ3v) is 3.55. The lowest BCUT2D eigenvalue weighted by Crippen LogP contribution is -2.22. The van der Waals surface area contributed by atoms with E-state index in [1.54, 1.807) is 0 Å². The van der Waals surface area contributed by atoms with E-state index in [1.165, 1.54) is 0 Å². The van der Waals surface area contributed by atoms with Crippen LogP contribution < -0.4 is 10.4 Å². The zero-order chi connectivity index (χ0) is 18.2. The van der Waals surface area contributed by atoms with Crippen molar-refractivity contribution in [3.8, 4) is 22.9 Å². The number of hydrogen-bond acceptors (Lipinski definition) is 3. The van der Waals surface area contributed by atoms with Crippen LogP contribution in [0.3, 0.4) is 0 Å². The van der Waals surface area contributed by atoms with Crippen LogP contribution in [0.5, 0.6) is 0 Å². The molecule has 0 saturated carbocycles. The Morgan fingerprint density at radius 3 is 2.28 bits per heavy atom. The molecule has 0 saturated heterocycles. The monoisotopic (exact) mass is 332 g/mol. The quantitative estimate of drug-likeness (QED) is 0.708. The Bertz CT molecular complexity index is 968. The standard InChI is InChI=1S/C20H18N2O.C2H6/c1-4-5-8-16-13-18(11-10-15(16)3)20-22-21-19(23-20)17-9-6-7-14(2)12-17;1-2/h4-13H,3H2,1-2H3;1-2H3/b5-4-,16-8-;. The first-order valence-electron chi connectivity index (χ1n) is 8.50. The van der Waals surface area contributed by atoms with E-state index in [0.717, 1.165) is 27.1 Å². The van der Waals surface area contributed by atoms with Crippen LogP contribution >= 0.6 is 0 Å². The molecule has 3 rings (SSSR count). The Morgan fingerprint density at radius 2 is 1.64 bits per heavy atom. The van der Waals surface area contributed by atoms with Crippen molar-refractivity contribution in [2.45, 2.75) is 27.7 Å². The second kappa shape index (κ2) is 8.78. The number of rotatable bonds is 3. The number of hydrogen-bond donors (Lipinski definition) is 0. The van der Waals surface area contributed by atoms with Crippen LogP contribution in [0, 0.1) is 6.92 Å². The molecule has 3 aromatic rings. The first-order chi connectivity index (χ1) is 12.2. The summed E-state index contributed by atoms with van der Waals surface area (Å²) in [5.41, 5.74) is 2.98. The van der Waals surface area contributed by atoms with Crippen molar-refractivity contribution >= 4 is 12.7 Å². The lowest BCUT2D eigenvalue weighted by molar-refractivity contribution is 0.584. The molecule has 2 aromatic carbocycles. The molecule has 0 aliphatic heterocycles. The van der Waals surface area contributed by atoms with Crippen LogP contribution in [0.15, 0.2) is 59.0 Å². The summed E-state index contributed by atoms with van der Waals surface area (Å²) in [7, 11) is 0. The van der Waals surface area contributed by atoms with Crippen molar-refractivity contribution in [3.05, 3.63) is 70.6 Å². The van der Waals surface area contributed by atoms with Crippen molar-refractivity contribution in [1.29, 1.82) is 0 Å². The molecule has 0 aliphatic carbocycles. The highest BCUT2D eigenvalue weighted by Crippen LogP contribution is 2.23. The second-order valence-corrected chi connectivity index (χ2v) is 5.39. The third kappa shape index (κ3) is 4.54. The maximum absolute atomic E-state index is 5.84. The fourth-order valence-electron chi connectivity index (χ4n) is 2.32. The van der Waals surface area contributed by atoms with Gasteiger partial charge in [-0.15, -0.1) is 10.2 Å². The van der Waals surface area contributed by atoms with Gasteiger partial charge in [0.25, 0.3) is 0 Å². The molecule has 3 nitrogen and oxygen atoms in total. The van der Waals surface area contributed by atoms with E-state index in [0.29, 0.717) is 11.8 Å². The van der Waals surface area contributed by atoms with E-state index in [-0.39, 0.29) is 0 Å². The molecule has 128 valence electrons. The highest BCUT2D eigenvalue weighted by molar-refractivity contribution is 5.59. The van der Waals surface area contributed by atoms with Gasteiger partial charge in [0, 0.05) is 11.1 Å². The highest BCUT2D eigenvalue weighted by atomic mass is 16.4. The first-order valence-corrected chi connectivity index (χ1v) is 8.50. The summed E-state index contributed by atoms with van der Waals surface area (Å²) >= 11 is 0. The normalized spacial score (nSPS) is 11.4. The molecule has 0 radical (unpaired) electrons. The summed E-state index contributed by atoms with van der Waals surface area (Å²) in [4.78, 5) is 0. The average Bonchev–Trinajstić information content (AvgIpc) is 3.13. The van der Waals surface area contributed by atoms with E-state index in [4.69, 9.17) is 4.42 Å². The third-order valence-electron chi connectivity index (χ3n) is 3.55. The predicted molar refractivity (Wildman–Crippen MR) is 105 cm³/mol. The minimum absolute atomic E-state index is 0.511. The fraction of sp³-hybridized carbons (Fsp3) is 0.182. The zero-order valence-corrected chi connectivity index (χ0v) is 15.3. The largest absolute Gasteiger partial charge is 0.416 e. The van der Waals surface area contributed by atoms with E-state index in [1.807, 2.05) is 88.4 Å². The van der Waals surface area contributed by atoms with Gasteiger partial charge >= 0.3 is 0 Å². The van der Waals surface area contributed by atoms with Crippen LogP contribution in [0.25, 0.3) is 35.6 Å². The van der Waals surface area contributed by atoms with Crippen molar-refractivity contribution in [2.24, 2.45) is 0 Å². The lowest BCUT2D eigenvalue weighted by Gasteiger charge is -1.97. The number of aryl methyl sites for hydroxylation is 1. The highest BCUT2D eigenvalue weighted by Gasteiger charge is 2.10. The summed E-state index contributed by atoms with van der Waals surface area (Å²) in [6.45, 7) is 12.1. The Labute approximate surface area is 149 Å². The van der Waals surface area contributed by atoms with Crippen LogP contribution in [-0.2, 0) is 0 Å². The molecule has 25 heavy (non-hydrogen) atoms. The Hall–Kier alpha value is -2.94. The maximum Gasteiger partial charge on any atom is 0.248 e. The zero-order valence-electron chi connectivity index (χ0n) is 15.3. The molecule has 1 aromatic heterocycles. The Balaban J connectivity index is 0.00000109. The van der Waals surface area contributed by atoms with Gasteiger partial charge in [0.05, 0.1) is 0 Å². The summed E-state index contributed by atoms with van der Waals surface area (Å²) in [6, 6.07) is 13.9. The molecule has 1 heterocycles. The number of benzene rings is 2. The number of nitrogens with zero attached hydrogens (tertiary/aromatic N) is 2. The molecule has 0 N–H and O–H groups in total. The van der Waals surface area contributed by atoms with Crippen molar-refractivity contribution in [3.63, 3.8) is 0 Å². The number of aromatic nitrogens is 2. The van der Waals surface area contributed by atoms with Gasteiger partial charge in [-0.3, -0.25) is 0 Å². The molecule has 0 fully saturated rings. The van der Waals surface area contributed by atoms with Gasteiger partial charge in [-0.1, -0.05) is 62.4 Å². The smallest absolute Gasteiger partial charge is 0.248 e. The van der Waals surface area contributed by atoms with Gasteiger partial charge in [0.15, 0.2) is 0 Å². The van der Waals surface area contributed by atoms with Gasteiger partial charge in [-0.25, -0.2) is 0 Å². The first kappa shape index (κ1) is 18.4. The molecule has 3 heteroatoms. The summed E-state index contributed by atoms with van der Waals surface area (Å²) in [5.74, 6) is 1.04. The maximum atomic E-state index is 5.84. The molecule has 0 bridgehead atoms. The van der Waals surface area contributed by atoms with E-state index in [2.05, 4.69) is 16.8 Å². The van der Waals surface area contributed by atoms with E-state index < -0.39 is 0 Å². The molecule has 0 amide bonds. The van der Waals surface area contributed by atoms with Crippen molar-refractivity contribution in [2.75, 3.05) is 0 Å². The van der Waals surface area contributed by atoms with Gasteiger partial charge in [-0.05, 0) is 48.6 Å². The van der Waals surface area contributed by atoms with Crippen LogP contribution in [0.1, 0.15) is 26.3 Å². The van der Waals surface area contributed by atoms with Gasteiger partial charge < -0.3 is 4.42 Å². The SMILES string of the molecule is C=c1ccc(-c2nnc(-c3cccc(C)c3)o2)c/c1=C/C=C\C.CC. The molecule has 0 aliphatic rings. The Kier molecular flexibility index (Phi) is 6.47. The molecule has 0 atom stereocenters. The summed E-state index contributed by atoms with van der Waals surface area (Å²) < 4.78 is 5.84. The van der Waals surface area contributed by atoms with Crippen LogP contribution in [0.4, 0.5) is 0 Å². The lowest BCUT2D eigenvalue weighted by atomic mass is 10.1.